The van der Waals surface area contributed by atoms with E-state index in [0.29, 0.717) is 30.3 Å². The molecule has 0 aromatic heterocycles. The second-order valence-electron chi connectivity index (χ2n) is 10.9. The number of alkyl carbamates (subject to hydrolysis) is 1. The molecule has 4 aromatic carbocycles. The first kappa shape index (κ1) is 32.6. The predicted octanol–water partition coefficient (Wildman–Crippen LogP) is 5.31. The van der Waals surface area contributed by atoms with Gasteiger partial charge in [0, 0.05) is 6.42 Å². The lowest BCUT2D eigenvalue weighted by Gasteiger charge is -2.24. The maximum atomic E-state index is 13.3. The number of carbonyl (C=O) groups is 3. The molecule has 0 saturated heterocycles. The van der Waals surface area contributed by atoms with Crippen molar-refractivity contribution in [2.45, 2.75) is 52.2 Å². The van der Waals surface area contributed by atoms with Crippen LogP contribution in [0.1, 0.15) is 36.1 Å². The van der Waals surface area contributed by atoms with Crippen LogP contribution in [-0.2, 0) is 40.6 Å². The maximum absolute atomic E-state index is 13.3. The number of nitrogens with two attached hydrogens (primary N) is 1. The van der Waals surface area contributed by atoms with Crippen LogP contribution in [0.4, 0.5) is 4.79 Å². The molecule has 234 valence electrons. The van der Waals surface area contributed by atoms with Crippen LogP contribution in [0, 0.1) is 5.92 Å². The third-order valence-corrected chi connectivity index (χ3v) is 7.02. The smallest absolute Gasteiger partial charge is 0.408 e. The number of amides is 3. The lowest BCUT2D eigenvalue weighted by atomic mass is 10.0. The van der Waals surface area contributed by atoms with Crippen molar-refractivity contribution in [2.24, 2.45) is 11.7 Å². The highest BCUT2D eigenvalue weighted by Gasteiger charge is 2.29. The van der Waals surface area contributed by atoms with Gasteiger partial charge in [0.05, 0.1) is 0 Å². The standard InChI is InChI=1S/C36H39N3O6/c1-25(2)33(39-36(42)45-24-28-16-10-5-11-17-28)35(41)38-30(34(37)40)20-29-18-19-31(43-22-26-12-6-3-7-13-26)32(21-29)44-23-27-14-8-4-9-15-27/h3-19,21,25,30,33H,20,22-24H2,1-2H3,(H2,37,40)(H,38,41)(H,39,42)/t30-,33+/m0/s1. The summed E-state index contributed by atoms with van der Waals surface area (Å²) < 4.78 is 17.5. The first-order valence-electron chi connectivity index (χ1n) is 14.8. The number of rotatable bonds is 15. The predicted molar refractivity (Wildman–Crippen MR) is 171 cm³/mol. The topological polar surface area (TPSA) is 129 Å². The van der Waals surface area contributed by atoms with Crippen LogP contribution in [0.2, 0.25) is 0 Å². The monoisotopic (exact) mass is 609 g/mol. The Hall–Kier alpha value is -5.31. The molecule has 0 aliphatic carbocycles. The van der Waals surface area contributed by atoms with Gasteiger partial charge in [-0.25, -0.2) is 4.79 Å². The zero-order valence-corrected chi connectivity index (χ0v) is 25.5. The molecule has 3 amide bonds. The number of primary amides is 1. The van der Waals surface area contributed by atoms with E-state index in [2.05, 4.69) is 10.6 Å². The molecule has 0 unspecified atom stereocenters. The van der Waals surface area contributed by atoms with Crippen LogP contribution in [-0.4, -0.2) is 30.0 Å². The summed E-state index contributed by atoms with van der Waals surface area (Å²) >= 11 is 0. The van der Waals surface area contributed by atoms with E-state index in [9.17, 15) is 14.4 Å². The van der Waals surface area contributed by atoms with Gasteiger partial charge in [-0.3, -0.25) is 9.59 Å². The number of hydrogen-bond donors (Lipinski definition) is 3. The third kappa shape index (κ3) is 10.4. The fourth-order valence-electron chi connectivity index (χ4n) is 4.53. The quantitative estimate of drug-likeness (QED) is 0.168. The van der Waals surface area contributed by atoms with Crippen molar-refractivity contribution in [1.82, 2.24) is 10.6 Å². The molecule has 0 bridgehead atoms. The minimum absolute atomic E-state index is 0.0583. The molecular weight excluding hydrogens is 570 g/mol. The number of ether oxygens (including phenoxy) is 3. The Morgan fingerprint density at radius 3 is 1.67 bits per heavy atom. The molecule has 4 aromatic rings. The summed E-state index contributed by atoms with van der Waals surface area (Å²) in [7, 11) is 0. The highest BCUT2D eigenvalue weighted by atomic mass is 16.5. The highest BCUT2D eigenvalue weighted by molar-refractivity contribution is 5.91. The van der Waals surface area contributed by atoms with Crippen LogP contribution < -0.4 is 25.8 Å². The van der Waals surface area contributed by atoms with Crippen molar-refractivity contribution in [3.63, 3.8) is 0 Å². The molecule has 45 heavy (non-hydrogen) atoms. The lowest BCUT2D eigenvalue weighted by molar-refractivity contribution is -0.129. The SMILES string of the molecule is CC(C)[C@@H](NC(=O)OCc1ccccc1)C(=O)N[C@@H](Cc1ccc(OCc2ccccc2)c(OCc2ccccc2)c1)C(N)=O. The first-order valence-corrected chi connectivity index (χ1v) is 14.8. The highest BCUT2D eigenvalue weighted by Crippen LogP contribution is 2.30. The Kier molecular flexibility index (Phi) is 12.0. The summed E-state index contributed by atoms with van der Waals surface area (Å²) in [6.45, 7) is 4.28. The van der Waals surface area contributed by atoms with Gasteiger partial charge < -0.3 is 30.6 Å². The molecule has 0 spiro atoms. The van der Waals surface area contributed by atoms with Crippen LogP contribution >= 0.6 is 0 Å². The van der Waals surface area contributed by atoms with Crippen molar-refractivity contribution >= 4 is 17.9 Å². The van der Waals surface area contributed by atoms with Crippen molar-refractivity contribution in [2.75, 3.05) is 0 Å². The van der Waals surface area contributed by atoms with Gasteiger partial charge in [0.15, 0.2) is 11.5 Å². The number of benzene rings is 4. The second-order valence-corrected chi connectivity index (χ2v) is 10.9. The zero-order valence-electron chi connectivity index (χ0n) is 25.5. The third-order valence-electron chi connectivity index (χ3n) is 7.02. The molecule has 0 heterocycles. The van der Waals surface area contributed by atoms with Gasteiger partial charge in [-0.1, -0.05) is 111 Å². The fraction of sp³-hybridized carbons (Fsp3) is 0.250. The van der Waals surface area contributed by atoms with Gasteiger partial charge in [-0.05, 0) is 40.3 Å². The average Bonchev–Trinajstić information content (AvgIpc) is 3.05. The molecule has 4 rings (SSSR count). The van der Waals surface area contributed by atoms with E-state index in [1.165, 1.54) is 0 Å². The van der Waals surface area contributed by atoms with E-state index in [0.717, 1.165) is 16.7 Å². The molecular formula is C36H39N3O6. The van der Waals surface area contributed by atoms with Crippen molar-refractivity contribution in [3.8, 4) is 11.5 Å². The Morgan fingerprint density at radius 1 is 0.644 bits per heavy atom. The Balaban J connectivity index is 1.44. The fourth-order valence-corrected chi connectivity index (χ4v) is 4.53. The summed E-state index contributed by atoms with van der Waals surface area (Å²) in [4.78, 5) is 38.2. The van der Waals surface area contributed by atoms with Gasteiger partial charge in [0.2, 0.25) is 11.8 Å². The normalized spacial score (nSPS) is 12.1. The lowest BCUT2D eigenvalue weighted by Crippen LogP contribution is -2.55. The van der Waals surface area contributed by atoms with E-state index in [-0.39, 0.29) is 18.9 Å². The summed E-state index contributed by atoms with van der Waals surface area (Å²) in [5, 5.41) is 5.32. The van der Waals surface area contributed by atoms with Crippen LogP contribution in [0.3, 0.4) is 0 Å². The number of nitrogens with one attached hydrogen (secondary N) is 2. The van der Waals surface area contributed by atoms with Gasteiger partial charge in [-0.2, -0.15) is 0 Å². The molecule has 9 nitrogen and oxygen atoms in total. The summed E-state index contributed by atoms with van der Waals surface area (Å²) in [5.74, 6) is -0.523. The summed E-state index contributed by atoms with van der Waals surface area (Å²) in [5.41, 5.74) is 9.21. The minimum atomic E-state index is -1.04. The summed E-state index contributed by atoms with van der Waals surface area (Å²) in [6, 6.07) is 32.1. The first-order chi connectivity index (χ1) is 21.8. The largest absolute Gasteiger partial charge is 0.485 e. The molecule has 0 fully saturated rings. The molecule has 2 atom stereocenters. The van der Waals surface area contributed by atoms with E-state index in [1.807, 2.05) is 91.0 Å². The van der Waals surface area contributed by atoms with Crippen LogP contribution in [0.15, 0.2) is 109 Å². The number of carbonyl (C=O) groups excluding carboxylic acids is 3. The Morgan fingerprint density at radius 2 is 1.16 bits per heavy atom. The van der Waals surface area contributed by atoms with Gasteiger partial charge in [-0.15, -0.1) is 0 Å². The van der Waals surface area contributed by atoms with E-state index >= 15 is 0 Å². The number of hydrogen-bond acceptors (Lipinski definition) is 6. The van der Waals surface area contributed by atoms with Crippen molar-refractivity contribution in [3.05, 3.63) is 131 Å². The minimum Gasteiger partial charge on any atom is -0.485 e. The molecule has 4 N–H and O–H groups in total. The molecule has 0 saturated carbocycles. The second kappa shape index (κ2) is 16.5. The van der Waals surface area contributed by atoms with E-state index < -0.39 is 30.0 Å². The van der Waals surface area contributed by atoms with E-state index in [4.69, 9.17) is 19.9 Å². The molecule has 0 radical (unpaired) electrons. The zero-order chi connectivity index (χ0) is 32.0. The molecule has 0 aliphatic rings. The molecule has 0 aliphatic heterocycles. The molecule has 9 heteroatoms. The van der Waals surface area contributed by atoms with Gasteiger partial charge >= 0.3 is 6.09 Å². The average molecular weight is 610 g/mol. The van der Waals surface area contributed by atoms with Crippen LogP contribution in [0.25, 0.3) is 0 Å². The summed E-state index contributed by atoms with van der Waals surface area (Å²) in [6.07, 6.45) is -0.639. The van der Waals surface area contributed by atoms with E-state index in [1.54, 1.807) is 32.0 Å². The van der Waals surface area contributed by atoms with Gasteiger partial charge in [0.25, 0.3) is 0 Å². The van der Waals surface area contributed by atoms with Crippen molar-refractivity contribution < 1.29 is 28.6 Å². The van der Waals surface area contributed by atoms with Crippen LogP contribution in [0.5, 0.6) is 11.5 Å². The van der Waals surface area contributed by atoms with Gasteiger partial charge in [0.1, 0.15) is 31.9 Å². The Bertz CT molecular complexity index is 1530. The van der Waals surface area contributed by atoms with Crippen molar-refractivity contribution in [1.29, 1.82) is 0 Å². The Labute approximate surface area is 263 Å². The maximum Gasteiger partial charge on any atom is 0.408 e.